The summed E-state index contributed by atoms with van der Waals surface area (Å²) in [6.45, 7) is 2.30. The first-order valence-electron chi connectivity index (χ1n) is 12.0. The van der Waals surface area contributed by atoms with Crippen LogP contribution in [0.3, 0.4) is 0 Å². The second-order valence-electron chi connectivity index (χ2n) is 9.03. The molecule has 0 saturated carbocycles. The van der Waals surface area contributed by atoms with Gasteiger partial charge in [-0.25, -0.2) is 8.42 Å². The zero-order valence-electron chi connectivity index (χ0n) is 21.1. The Morgan fingerprint density at radius 2 is 1.97 bits per heavy atom. The largest absolute Gasteiger partial charge is 0.744 e. The molecular formula is C25H27N2O10S2-. The number of fused-ring (bicyclic) bond motifs is 2. The van der Waals surface area contributed by atoms with Crippen LogP contribution in [0.1, 0.15) is 32.6 Å². The maximum Gasteiger partial charge on any atom is 0.303 e. The third-order valence-corrected chi connectivity index (χ3v) is 7.64. The van der Waals surface area contributed by atoms with Crippen molar-refractivity contribution in [2.75, 3.05) is 18.5 Å². The van der Waals surface area contributed by atoms with Gasteiger partial charge in [-0.2, -0.15) is 4.33 Å². The van der Waals surface area contributed by atoms with Crippen molar-refractivity contribution in [2.45, 2.75) is 48.6 Å². The van der Waals surface area contributed by atoms with Gasteiger partial charge in [0.05, 0.1) is 29.7 Å². The lowest BCUT2D eigenvalue weighted by molar-refractivity contribution is -0.841. The molecule has 0 saturated heterocycles. The number of carboxylic acid groups (broad SMARTS) is 1. The zero-order valence-corrected chi connectivity index (χ0v) is 22.7. The Balaban J connectivity index is 1.54. The second-order valence-corrected chi connectivity index (χ2v) is 11.2. The summed E-state index contributed by atoms with van der Waals surface area (Å²) in [6.07, 6.45) is 5.19. The number of hydrogen-bond donors (Lipinski definition) is 2. The van der Waals surface area contributed by atoms with Crippen molar-refractivity contribution in [1.29, 1.82) is 0 Å². The van der Waals surface area contributed by atoms with Crippen LogP contribution in [0.15, 0.2) is 69.8 Å². The molecule has 0 spiro atoms. The molecule has 0 aromatic heterocycles. The number of aliphatic carboxylic acids is 1. The molecule has 0 aliphatic carbocycles. The van der Waals surface area contributed by atoms with Crippen molar-refractivity contribution in [3.05, 3.63) is 60.0 Å². The molecule has 0 fully saturated rings. The van der Waals surface area contributed by atoms with Crippen LogP contribution < -0.4 is 24.5 Å². The predicted octanol–water partition coefficient (Wildman–Crippen LogP) is 2.02. The van der Waals surface area contributed by atoms with E-state index < -0.39 is 16.1 Å². The fourth-order valence-corrected chi connectivity index (χ4v) is 5.23. The van der Waals surface area contributed by atoms with Gasteiger partial charge in [0, 0.05) is 36.1 Å². The van der Waals surface area contributed by atoms with Gasteiger partial charge in [-0.15, -0.1) is 0 Å². The summed E-state index contributed by atoms with van der Waals surface area (Å²) < 4.78 is 51.3. The molecule has 2 heterocycles. The smallest absolute Gasteiger partial charge is 0.303 e. The van der Waals surface area contributed by atoms with Gasteiger partial charge in [0.15, 0.2) is 17.2 Å². The van der Waals surface area contributed by atoms with Crippen LogP contribution >= 0.6 is 12.0 Å². The number of nitrogens with one attached hydrogen (secondary N) is 1. The van der Waals surface area contributed by atoms with E-state index in [0.717, 1.165) is 28.2 Å². The number of likely N-dealkylation sites (N-methyl/N-ethyl adjacent to an activating group) is 1. The number of unbranched alkanes of at least 4 members (excludes halogenated alkanes) is 2. The van der Waals surface area contributed by atoms with E-state index in [4.69, 9.17) is 14.6 Å². The quantitative estimate of drug-likeness (QED) is 0.124. The van der Waals surface area contributed by atoms with E-state index in [0.29, 0.717) is 53.8 Å². The highest BCUT2D eigenvalue weighted by Crippen LogP contribution is 2.41. The van der Waals surface area contributed by atoms with Crippen molar-refractivity contribution in [3.63, 3.8) is 0 Å². The van der Waals surface area contributed by atoms with Gasteiger partial charge in [0.25, 0.3) is 6.23 Å². The van der Waals surface area contributed by atoms with Crippen LogP contribution in [0, 0.1) is 0 Å². The van der Waals surface area contributed by atoms with Gasteiger partial charge in [0.2, 0.25) is 5.88 Å². The van der Waals surface area contributed by atoms with Gasteiger partial charge in [0.1, 0.15) is 10.1 Å². The van der Waals surface area contributed by atoms with Crippen LogP contribution in [-0.2, 0) is 24.3 Å². The average Bonchev–Trinajstić information content (AvgIpc) is 3.37. The Hall–Kier alpha value is -3.11. The first-order chi connectivity index (χ1) is 18.6. The number of benzene rings is 2. The minimum Gasteiger partial charge on any atom is -0.744 e. The lowest BCUT2D eigenvalue weighted by Gasteiger charge is -2.19. The fourth-order valence-electron chi connectivity index (χ4n) is 4.34. The van der Waals surface area contributed by atoms with Crippen molar-refractivity contribution in [3.8, 4) is 11.5 Å². The summed E-state index contributed by atoms with van der Waals surface area (Å²) in [7, 11) is -2.73. The van der Waals surface area contributed by atoms with Crippen LogP contribution in [0.5, 0.6) is 11.5 Å². The van der Waals surface area contributed by atoms with E-state index in [1.807, 2.05) is 26.1 Å². The summed E-state index contributed by atoms with van der Waals surface area (Å²) in [5.41, 5.74) is 2.13. The molecule has 39 heavy (non-hydrogen) atoms. The van der Waals surface area contributed by atoms with Crippen LogP contribution in [-0.4, -0.2) is 43.9 Å². The van der Waals surface area contributed by atoms with E-state index in [2.05, 4.69) is 9.37 Å². The minimum atomic E-state index is -4.66. The van der Waals surface area contributed by atoms with Crippen LogP contribution in [0.2, 0.25) is 0 Å². The number of carboxylic acids is 1. The predicted molar refractivity (Wildman–Crippen MR) is 136 cm³/mol. The molecule has 210 valence electrons. The normalized spacial score (nSPS) is 19.5. The molecule has 0 bridgehead atoms. The number of quaternary nitrogens is 1. The number of allylic oxidation sites excluding steroid dienone is 2. The van der Waals surface area contributed by atoms with Crippen molar-refractivity contribution >= 4 is 39.5 Å². The SMILES string of the molecule is CC(/C=C1\Oc2ccc(S(=O)(=O)[O-])cc2N1CCCCCC(=O)O)=C\C1Oc2ccc(SOO[O-])cc2[NH+]1C. The Labute approximate surface area is 229 Å². The summed E-state index contributed by atoms with van der Waals surface area (Å²) in [4.78, 5) is 13.9. The summed E-state index contributed by atoms with van der Waals surface area (Å²) in [6, 6.07) is 9.30. The first-order valence-corrected chi connectivity index (χ1v) is 14.2. The lowest BCUT2D eigenvalue weighted by atomic mass is 10.1. The fraction of sp³-hybridized carbons (Fsp3) is 0.320. The highest BCUT2D eigenvalue weighted by molar-refractivity contribution is 7.94. The van der Waals surface area contributed by atoms with E-state index in [1.54, 1.807) is 23.1 Å². The van der Waals surface area contributed by atoms with Gasteiger partial charge < -0.3 is 29.3 Å². The van der Waals surface area contributed by atoms with Crippen molar-refractivity contribution in [1.82, 2.24) is 0 Å². The Morgan fingerprint density at radius 3 is 2.69 bits per heavy atom. The molecule has 2 aliphatic heterocycles. The van der Waals surface area contributed by atoms with Gasteiger partial charge in [-0.05, 0) is 55.7 Å². The van der Waals surface area contributed by atoms with Crippen LogP contribution in [0.25, 0.3) is 0 Å². The maximum absolute atomic E-state index is 11.6. The molecule has 12 nitrogen and oxygen atoms in total. The van der Waals surface area contributed by atoms with Crippen molar-refractivity contribution in [2.24, 2.45) is 0 Å². The number of rotatable bonds is 12. The molecule has 4 rings (SSSR count). The topological polar surface area (TPSA) is 162 Å². The molecule has 2 aromatic carbocycles. The number of hydrogen-bond acceptors (Lipinski definition) is 11. The minimum absolute atomic E-state index is 0.0649. The van der Waals surface area contributed by atoms with Gasteiger partial charge in [-0.1, -0.05) is 6.42 Å². The first kappa shape index (κ1) is 28.9. The third kappa shape index (κ3) is 7.10. The summed E-state index contributed by atoms with van der Waals surface area (Å²) in [5, 5.41) is 22.4. The Bertz CT molecular complexity index is 1390. The van der Waals surface area contributed by atoms with Crippen LogP contribution in [0.4, 0.5) is 11.4 Å². The molecule has 0 amide bonds. The van der Waals surface area contributed by atoms with E-state index in [1.165, 1.54) is 18.2 Å². The molecule has 14 heteroatoms. The Kier molecular flexibility index (Phi) is 9.17. The molecule has 2 aliphatic rings. The molecule has 2 unspecified atom stereocenters. The van der Waals surface area contributed by atoms with E-state index >= 15 is 0 Å². The van der Waals surface area contributed by atoms with Crippen molar-refractivity contribution < 1.29 is 51.9 Å². The second kappa shape index (κ2) is 12.4. The maximum atomic E-state index is 11.6. The molecule has 2 atom stereocenters. The van der Waals surface area contributed by atoms with E-state index in [-0.39, 0.29) is 17.5 Å². The highest BCUT2D eigenvalue weighted by Gasteiger charge is 2.33. The summed E-state index contributed by atoms with van der Waals surface area (Å²) >= 11 is 0.796. The third-order valence-electron chi connectivity index (χ3n) is 6.24. The number of ether oxygens (including phenoxy) is 2. The van der Waals surface area contributed by atoms with Gasteiger partial charge in [-0.3, -0.25) is 14.7 Å². The van der Waals surface area contributed by atoms with Gasteiger partial charge >= 0.3 is 5.97 Å². The molecule has 2 N–H and O–H groups in total. The standard InChI is InChI=1S/C25H28N2O10S2/c1-16(12-23-26(2)19-14-17(38-37-36-30)7-9-21(19)34-23)13-24-27(11-5-3-4-6-25(28)29)20-15-18(39(31,32)33)8-10-22(20)35-24/h7-10,12-15,23,30H,3-6,11H2,1-2H3,(H,28,29)(H,31,32,33)/p-1/b16-12+,24-13-. The average molecular weight is 580 g/mol. The highest BCUT2D eigenvalue weighted by atomic mass is 32.2. The lowest BCUT2D eigenvalue weighted by Crippen LogP contribution is -3.07. The molecule has 2 aromatic rings. The Morgan fingerprint density at radius 1 is 1.21 bits per heavy atom. The molecular weight excluding hydrogens is 552 g/mol. The molecule has 0 radical (unpaired) electrons. The number of nitrogens with zero attached hydrogens (tertiary/aromatic N) is 1. The van der Waals surface area contributed by atoms with E-state index in [9.17, 15) is 23.0 Å². The zero-order chi connectivity index (χ0) is 28.2. The summed E-state index contributed by atoms with van der Waals surface area (Å²) in [5.74, 6) is 0.674. The number of carbonyl (C=O) groups is 1. The number of anilines is 1. The monoisotopic (exact) mass is 579 g/mol.